The first-order chi connectivity index (χ1) is 9.66. The van der Waals surface area contributed by atoms with Crippen molar-refractivity contribution < 1.29 is 21.4 Å². The van der Waals surface area contributed by atoms with Gasteiger partial charge < -0.3 is 5.32 Å². The summed E-state index contributed by atoms with van der Waals surface area (Å²) < 4.78 is 53.7. The Labute approximate surface area is 120 Å². The Kier molecular flexibility index (Phi) is 3.89. The third-order valence-electron chi connectivity index (χ3n) is 2.27. The molecule has 0 aliphatic heterocycles. The van der Waals surface area contributed by atoms with Crippen molar-refractivity contribution in [1.82, 2.24) is 15.0 Å². The Hall–Kier alpha value is -2.11. The molecule has 1 aromatic carbocycles. The third kappa shape index (κ3) is 3.93. The van der Waals surface area contributed by atoms with E-state index in [1.165, 1.54) is 18.2 Å². The molecular weight excluding hydrogens is 320 g/mol. The van der Waals surface area contributed by atoms with Crippen molar-refractivity contribution in [3.05, 3.63) is 30.6 Å². The summed E-state index contributed by atoms with van der Waals surface area (Å²) in [5.74, 6) is -0.0714. The van der Waals surface area contributed by atoms with Gasteiger partial charge in [0, 0.05) is 11.9 Å². The molecule has 0 aliphatic carbocycles. The molecule has 0 spiro atoms. The van der Waals surface area contributed by atoms with Crippen LogP contribution in [0.25, 0.3) is 0 Å². The van der Waals surface area contributed by atoms with E-state index in [1.54, 1.807) is 0 Å². The van der Waals surface area contributed by atoms with E-state index in [0.717, 1.165) is 18.6 Å². The fraction of sp³-hybridized carbons (Fsp3) is 0.100. The molecule has 0 fully saturated rings. The van der Waals surface area contributed by atoms with Gasteiger partial charge in [0.1, 0.15) is 6.33 Å². The number of benzene rings is 1. The van der Waals surface area contributed by atoms with E-state index in [4.69, 9.17) is 4.55 Å². The van der Waals surface area contributed by atoms with Crippen molar-refractivity contribution in [2.45, 2.75) is 10.1 Å². The molecule has 0 amide bonds. The second-order valence-electron chi connectivity index (χ2n) is 3.99. The fourth-order valence-corrected chi connectivity index (χ4v) is 2.40. The molecule has 2 aromatic rings. The smallest absolute Gasteiger partial charge is 0.294 e. The van der Waals surface area contributed by atoms with E-state index in [1.807, 2.05) is 0 Å². The predicted molar refractivity (Wildman–Crippen MR) is 72.5 cm³/mol. The number of rotatable bonds is 4. The highest BCUT2D eigenvalue weighted by Crippen LogP contribution is 2.18. The van der Waals surface area contributed by atoms with Gasteiger partial charge in [0.25, 0.3) is 15.3 Å². The second kappa shape index (κ2) is 5.35. The third-order valence-corrected chi connectivity index (χ3v) is 3.98. The fourth-order valence-electron chi connectivity index (χ4n) is 1.38. The van der Waals surface area contributed by atoms with E-state index >= 15 is 0 Å². The average molecular weight is 330 g/mol. The molecule has 0 saturated heterocycles. The van der Waals surface area contributed by atoms with Crippen LogP contribution in [0.4, 0.5) is 11.6 Å². The highest BCUT2D eigenvalue weighted by molar-refractivity contribution is 7.90. The highest BCUT2D eigenvalue weighted by atomic mass is 32.2. The summed E-state index contributed by atoms with van der Waals surface area (Å²) in [5, 5.41) is 2.22. The van der Waals surface area contributed by atoms with Crippen LogP contribution >= 0.6 is 0 Å². The second-order valence-corrected chi connectivity index (χ2v) is 7.32. The van der Waals surface area contributed by atoms with Crippen LogP contribution in [0, 0.1) is 0 Å². The van der Waals surface area contributed by atoms with Gasteiger partial charge in [0.15, 0.2) is 0 Å². The summed E-state index contributed by atoms with van der Waals surface area (Å²) in [4.78, 5) is 10.6. The molecule has 21 heavy (non-hydrogen) atoms. The Balaban J connectivity index is 2.35. The number of hydrogen-bond donors (Lipinski definition) is 2. The molecular formula is C10H10N4O5S2. The maximum atomic E-state index is 11.3. The van der Waals surface area contributed by atoms with Crippen LogP contribution in [0.1, 0.15) is 0 Å². The molecule has 0 unspecified atom stereocenters. The average Bonchev–Trinajstić information content (AvgIpc) is 2.37. The lowest BCUT2D eigenvalue weighted by Crippen LogP contribution is -2.07. The van der Waals surface area contributed by atoms with Gasteiger partial charge in [-0.3, -0.25) is 4.55 Å². The monoisotopic (exact) mass is 330 g/mol. The lowest BCUT2D eigenvalue weighted by molar-refractivity contribution is 0.483. The predicted octanol–water partition coefficient (Wildman–Crippen LogP) is 0.265. The van der Waals surface area contributed by atoms with Gasteiger partial charge in [-0.2, -0.15) is 13.4 Å². The Morgan fingerprint density at radius 1 is 1.14 bits per heavy atom. The molecule has 112 valence electrons. The molecule has 0 bridgehead atoms. The minimum atomic E-state index is -4.34. The van der Waals surface area contributed by atoms with Crippen molar-refractivity contribution in [1.29, 1.82) is 0 Å². The van der Waals surface area contributed by atoms with Crippen molar-refractivity contribution in [3.63, 3.8) is 0 Å². The molecule has 0 saturated carbocycles. The van der Waals surface area contributed by atoms with E-state index < -0.39 is 25.1 Å². The Morgan fingerprint density at radius 2 is 1.86 bits per heavy atom. The lowest BCUT2D eigenvalue weighted by Gasteiger charge is -2.06. The molecule has 0 aliphatic rings. The van der Waals surface area contributed by atoms with E-state index in [9.17, 15) is 16.8 Å². The summed E-state index contributed by atoms with van der Waals surface area (Å²) in [7, 11) is -7.93. The first-order valence-electron chi connectivity index (χ1n) is 5.40. The van der Waals surface area contributed by atoms with E-state index in [0.29, 0.717) is 0 Å². The molecule has 11 heteroatoms. The van der Waals surface area contributed by atoms with E-state index in [2.05, 4.69) is 20.3 Å². The molecule has 0 radical (unpaired) electrons. The van der Waals surface area contributed by atoms with Gasteiger partial charge >= 0.3 is 0 Å². The summed E-state index contributed by atoms with van der Waals surface area (Å²) in [6.45, 7) is 0. The molecule has 2 rings (SSSR count). The van der Waals surface area contributed by atoms with Crippen LogP contribution in [0.2, 0.25) is 0 Å². The number of nitrogens with zero attached hydrogens (tertiary/aromatic N) is 3. The standard InChI is InChI=1S/C10H10N4O5S2/c1-20(15,16)10-12-6-11-9(14-10)13-7-3-2-4-8(5-7)21(17,18)19/h2-6H,1H3,(H,17,18,19)(H,11,12,13,14). The minimum absolute atomic E-state index is 0.0714. The van der Waals surface area contributed by atoms with Gasteiger partial charge in [-0.15, -0.1) is 0 Å². The molecule has 9 nitrogen and oxygen atoms in total. The van der Waals surface area contributed by atoms with Crippen molar-refractivity contribution in [3.8, 4) is 0 Å². The summed E-state index contributed by atoms with van der Waals surface area (Å²) >= 11 is 0. The number of nitrogens with one attached hydrogen (secondary N) is 1. The summed E-state index contributed by atoms with van der Waals surface area (Å²) in [6, 6.07) is 5.25. The van der Waals surface area contributed by atoms with Crippen LogP contribution in [-0.2, 0) is 20.0 Å². The maximum Gasteiger partial charge on any atom is 0.294 e. The van der Waals surface area contributed by atoms with Crippen LogP contribution < -0.4 is 5.32 Å². The zero-order valence-electron chi connectivity index (χ0n) is 10.6. The zero-order chi connectivity index (χ0) is 15.7. The number of aromatic nitrogens is 3. The van der Waals surface area contributed by atoms with Crippen LogP contribution in [0.15, 0.2) is 40.6 Å². The highest BCUT2D eigenvalue weighted by Gasteiger charge is 2.13. The topological polar surface area (TPSA) is 139 Å². The SMILES string of the molecule is CS(=O)(=O)c1ncnc(Nc2cccc(S(=O)(=O)O)c2)n1. The van der Waals surface area contributed by atoms with Gasteiger partial charge in [0.2, 0.25) is 15.8 Å². The molecule has 2 N–H and O–H groups in total. The first kappa shape index (κ1) is 15.3. The zero-order valence-corrected chi connectivity index (χ0v) is 12.3. The number of anilines is 2. The first-order valence-corrected chi connectivity index (χ1v) is 8.73. The maximum absolute atomic E-state index is 11.3. The van der Waals surface area contributed by atoms with E-state index in [-0.39, 0.29) is 16.5 Å². The van der Waals surface area contributed by atoms with Crippen LogP contribution in [0.5, 0.6) is 0 Å². The minimum Gasteiger partial charge on any atom is -0.324 e. The summed E-state index contributed by atoms with van der Waals surface area (Å²) in [6.07, 6.45) is 1.96. The normalized spacial score (nSPS) is 12.1. The van der Waals surface area contributed by atoms with Crippen molar-refractivity contribution in [2.75, 3.05) is 11.6 Å². The molecule has 0 atom stereocenters. The number of hydrogen-bond acceptors (Lipinski definition) is 8. The largest absolute Gasteiger partial charge is 0.324 e. The van der Waals surface area contributed by atoms with Gasteiger partial charge in [-0.25, -0.2) is 18.4 Å². The molecule has 1 heterocycles. The van der Waals surface area contributed by atoms with Gasteiger partial charge in [-0.05, 0) is 18.2 Å². The Morgan fingerprint density at radius 3 is 2.48 bits per heavy atom. The number of sulfone groups is 1. The van der Waals surface area contributed by atoms with Crippen molar-refractivity contribution in [2.24, 2.45) is 0 Å². The van der Waals surface area contributed by atoms with Gasteiger partial charge in [-0.1, -0.05) is 6.07 Å². The van der Waals surface area contributed by atoms with Crippen LogP contribution in [0.3, 0.4) is 0 Å². The van der Waals surface area contributed by atoms with Gasteiger partial charge in [0.05, 0.1) is 4.90 Å². The molecule has 1 aromatic heterocycles. The Bertz CT molecular complexity index is 806. The lowest BCUT2D eigenvalue weighted by atomic mass is 10.3. The summed E-state index contributed by atoms with van der Waals surface area (Å²) in [5.41, 5.74) is 0.260. The van der Waals surface area contributed by atoms with Crippen molar-refractivity contribution >= 4 is 31.6 Å². The quantitative estimate of drug-likeness (QED) is 0.756. The van der Waals surface area contributed by atoms with Crippen LogP contribution in [-0.4, -0.2) is 42.6 Å².